The summed E-state index contributed by atoms with van der Waals surface area (Å²) in [7, 11) is 0. The molecule has 6 aromatic carbocycles. The molecule has 1 aliphatic heterocycles. The fourth-order valence-electron chi connectivity index (χ4n) is 7.82. The van der Waals surface area contributed by atoms with Crippen molar-refractivity contribution in [1.82, 2.24) is 0 Å². The molecule has 6 aromatic rings. The molecule has 0 spiro atoms. The van der Waals surface area contributed by atoms with Crippen molar-refractivity contribution < 1.29 is 33.7 Å². The number of allylic oxidation sites excluding steroid dienone is 1. The maximum absolute atomic E-state index is 9.54. The first-order chi connectivity index (χ1) is 26.6. The Bertz CT molecular complexity index is 2370. The molecular formula is C50H48ClN3ORu-2. The van der Waals surface area contributed by atoms with E-state index in [9.17, 15) is 5.11 Å². The Morgan fingerprint density at radius 2 is 1.16 bits per heavy atom. The van der Waals surface area contributed by atoms with Gasteiger partial charge in [-0.1, -0.05) is 23.8 Å². The molecule has 8 rings (SSSR count). The number of nitrogens with zero attached hydrogens (tertiary/aromatic N) is 3. The minimum absolute atomic E-state index is 0. The van der Waals surface area contributed by atoms with Crippen LogP contribution in [-0.2, 0) is 16.2 Å². The van der Waals surface area contributed by atoms with Crippen molar-refractivity contribution in [2.75, 3.05) is 22.9 Å². The van der Waals surface area contributed by atoms with Crippen molar-refractivity contribution in [3.05, 3.63) is 195 Å². The molecule has 1 N–H and O–H groups in total. The number of para-hydroxylation sites is 1. The number of aryl methyl sites for hydroxylation is 7. The number of rotatable bonds is 5. The molecule has 0 atom stereocenters. The number of phenols is 1. The summed E-state index contributed by atoms with van der Waals surface area (Å²) in [5.74, 6) is 0.194. The van der Waals surface area contributed by atoms with Gasteiger partial charge in [-0.15, -0.1) is 24.3 Å². The van der Waals surface area contributed by atoms with Gasteiger partial charge in [0, 0.05) is 5.75 Å². The quantitative estimate of drug-likeness (QED) is 0.109. The molecule has 1 heterocycles. The van der Waals surface area contributed by atoms with Gasteiger partial charge >= 0.3 is 241 Å². The van der Waals surface area contributed by atoms with E-state index in [0.717, 1.165) is 24.3 Å². The number of anilines is 2. The molecule has 1 saturated heterocycles. The van der Waals surface area contributed by atoms with Crippen molar-refractivity contribution in [1.29, 1.82) is 0 Å². The largest absolute Gasteiger partial charge is 1.00 e. The van der Waals surface area contributed by atoms with Gasteiger partial charge < -0.3 is 22.5 Å². The van der Waals surface area contributed by atoms with E-state index in [1.54, 1.807) is 24.4 Å². The Hall–Kier alpha value is -5.22. The summed E-state index contributed by atoms with van der Waals surface area (Å²) in [6.45, 7) is 17.5. The Kier molecular flexibility index (Phi) is 12.8. The van der Waals surface area contributed by atoms with Gasteiger partial charge in [-0.05, 0) is 24.8 Å². The second kappa shape index (κ2) is 17.7. The third-order valence-corrected chi connectivity index (χ3v) is 12.6. The molecule has 56 heavy (non-hydrogen) atoms. The standard InChI is InChI=1S/C21H26N2.C15H10.C14H12NO.ClH.Ru/c1-14-9-16(3)20(17(4)10-14)22-7-8-23(13-22)21-18(5)11-15(2)12-19(21)6;1-2-6-12(7-3-1)15-11-10-13-8-4-5-9-14(13)15;1-11-6-2-4-8-13(11)15-10-12-7-3-5-9-14(12)16;;/h9-12H,7-8H2,1-6H3;1-9,11H;2-6,8-10,16H,1H3;1H;/q;;-1;;/p-1. The van der Waals surface area contributed by atoms with Crippen LogP contribution in [0.1, 0.15) is 61.2 Å². The average molecular weight is 843 g/mol. The zero-order valence-corrected chi connectivity index (χ0v) is 35.6. The predicted molar refractivity (Wildman–Crippen MR) is 230 cm³/mol. The van der Waals surface area contributed by atoms with E-state index in [0.29, 0.717) is 5.56 Å². The summed E-state index contributed by atoms with van der Waals surface area (Å²) in [5, 5.41) is 9.54. The van der Waals surface area contributed by atoms with E-state index in [2.05, 4.69) is 147 Å². The molecule has 4 nitrogen and oxygen atoms in total. The van der Waals surface area contributed by atoms with Gasteiger partial charge in [-0.3, -0.25) is 0 Å². The van der Waals surface area contributed by atoms with Crippen molar-refractivity contribution in [2.45, 2.75) is 48.5 Å². The van der Waals surface area contributed by atoms with E-state index in [1.165, 1.54) is 75.5 Å². The Morgan fingerprint density at radius 1 is 0.625 bits per heavy atom. The molecule has 0 bridgehead atoms. The van der Waals surface area contributed by atoms with E-state index in [1.807, 2.05) is 31.2 Å². The molecule has 2 aliphatic rings. The molecule has 1 aliphatic carbocycles. The fraction of sp³-hybridized carbons (Fsp3) is 0.180. The Morgan fingerprint density at radius 3 is 1.73 bits per heavy atom. The van der Waals surface area contributed by atoms with Crippen LogP contribution in [0, 0.1) is 54.5 Å². The molecule has 0 radical (unpaired) electrons. The summed E-state index contributed by atoms with van der Waals surface area (Å²) in [6.07, 6.45) is 4.10. The topological polar surface area (TPSA) is 39.1 Å². The minimum atomic E-state index is -0.233. The van der Waals surface area contributed by atoms with Crippen LogP contribution in [0.2, 0.25) is 0 Å². The first-order valence-corrected chi connectivity index (χ1v) is 20.6. The van der Waals surface area contributed by atoms with Crippen LogP contribution in [0.25, 0.3) is 5.57 Å². The summed E-state index contributed by atoms with van der Waals surface area (Å²) in [4.78, 5) is 9.61. The number of fused-ring (bicyclic) bond motifs is 1. The van der Waals surface area contributed by atoms with Gasteiger partial charge in [0.2, 0.25) is 0 Å². The summed E-state index contributed by atoms with van der Waals surface area (Å²) in [5.41, 5.74) is 18.9. The summed E-state index contributed by atoms with van der Waals surface area (Å²) in [6, 6.07) is 45.1. The van der Waals surface area contributed by atoms with Gasteiger partial charge in [0.25, 0.3) is 0 Å². The third-order valence-electron chi connectivity index (χ3n) is 10.1. The van der Waals surface area contributed by atoms with E-state index in [-0.39, 0.29) is 34.4 Å². The molecule has 0 aromatic heterocycles. The van der Waals surface area contributed by atoms with Gasteiger partial charge in [-0.2, -0.15) is 0 Å². The molecule has 286 valence electrons. The first kappa shape index (κ1) is 40.4. The van der Waals surface area contributed by atoms with Gasteiger partial charge in [0.1, 0.15) is 0 Å². The second-order valence-electron chi connectivity index (χ2n) is 14.5. The van der Waals surface area contributed by atoms with Crippen LogP contribution in [0.5, 0.6) is 5.75 Å². The van der Waals surface area contributed by atoms with Crippen LogP contribution in [0.4, 0.5) is 17.1 Å². The number of hydrogen-bond donors (Lipinski definition) is 1. The number of phenolic OH excluding ortho intramolecular Hbond substituents is 1. The third kappa shape index (κ3) is 8.60. The predicted octanol–water partition coefficient (Wildman–Crippen LogP) is 7.96. The molecule has 1 fully saturated rings. The summed E-state index contributed by atoms with van der Waals surface area (Å²) >= 11 is -0.233. The maximum atomic E-state index is 9.54. The van der Waals surface area contributed by atoms with E-state index >= 15 is 0 Å². The molecule has 0 unspecified atom stereocenters. The van der Waals surface area contributed by atoms with Crippen LogP contribution in [-0.4, -0.2) is 32.9 Å². The number of hydrogen-bond acceptors (Lipinski definition) is 4. The SMILES string of the molecule is Cc1cc(C)c(N2CCN(c3c(C)cc(C)cc3C)[C]2=[Ru]=[C]2C=C(c3ccccc3)c3ccccc32)c(C)c1.Cc1ccccc1N=Cc1[c-]cccc1O.[Cl-]. The normalized spacial score (nSPS) is 13.4. The van der Waals surface area contributed by atoms with Crippen LogP contribution in [0.3, 0.4) is 0 Å². The monoisotopic (exact) mass is 843 g/mol. The fourth-order valence-corrected chi connectivity index (χ4v) is 10.5. The van der Waals surface area contributed by atoms with E-state index < -0.39 is 0 Å². The Labute approximate surface area is 345 Å². The zero-order chi connectivity index (χ0) is 38.6. The number of aliphatic imine (C=N–C) groups is 1. The first-order valence-electron chi connectivity index (χ1n) is 18.8. The smallest absolute Gasteiger partial charge is 0.0545 e. The number of halogens is 1. The van der Waals surface area contributed by atoms with Crippen LogP contribution in [0.15, 0.2) is 132 Å². The van der Waals surface area contributed by atoms with Crippen molar-refractivity contribution >= 4 is 37.3 Å². The molecule has 6 heteroatoms. The Balaban J connectivity index is 0.000000263. The van der Waals surface area contributed by atoms with Crippen molar-refractivity contribution in [2.24, 2.45) is 4.99 Å². The van der Waals surface area contributed by atoms with Gasteiger partial charge in [0.05, 0.1) is 5.69 Å². The van der Waals surface area contributed by atoms with Gasteiger partial charge in [0.15, 0.2) is 0 Å². The average Bonchev–Trinajstić information content (AvgIpc) is 3.73. The van der Waals surface area contributed by atoms with Crippen molar-refractivity contribution in [3.8, 4) is 5.75 Å². The van der Waals surface area contributed by atoms with Gasteiger partial charge in [-0.25, -0.2) is 0 Å². The number of aromatic hydroxyl groups is 1. The zero-order valence-electron chi connectivity index (χ0n) is 33.1. The second-order valence-corrected chi connectivity index (χ2v) is 16.6. The maximum Gasteiger partial charge on any atom is 0.0545 e. The van der Waals surface area contributed by atoms with Crippen LogP contribution < -0.4 is 22.2 Å². The molecule has 0 saturated carbocycles. The molecular weight excluding hydrogens is 795 g/mol. The molecule has 0 amide bonds. The van der Waals surface area contributed by atoms with Crippen molar-refractivity contribution in [3.63, 3.8) is 0 Å². The minimum Gasteiger partial charge on any atom is -1.00 e. The number of benzene rings is 6. The van der Waals surface area contributed by atoms with E-state index in [4.69, 9.17) is 0 Å². The summed E-state index contributed by atoms with van der Waals surface area (Å²) < 4.78 is 2.94. The van der Waals surface area contributed by atoms with Crippen LogP contribution >= 0.6 is 0 Å².